The van der Waals surface area contributed by atoms with Gasteiger partial charge in [0.05, 0.1) is 13.2 Å². The van der Waals surface area contributed by atoms with E-state index < -0.39 is 0 Å². The Morgan fingerprint density at radius 2 is 0.448 bits per heavy atom. The van der Waals surface area contributed by atoms with E-state index in [-0.39, 0.29) is 11.8 Å². The Labute approximate surface area is 536 Å². The summed E-state index contributed by atoms with van der Waals surface area (Å²) in [5, 5.41) is 18.2. The van der Waals surface area contributed by atoms with Crippen LogP contribution in [-0.2, 0) is 33.4 Å². The lowest BCUT2D eigenvalue weighted by molar-refractivity contribution is -0.122. The molecule has 6 N–H and O–H groups in total. The summed E-state index contributed by atoms with van der Waals surface area (Å²) in [5.74, 6) is 1.34. The summed E-state index contributed by atoms with van der Waals surface area (Å²) >= 11 is 0. The van der Waals surface area contributed by atoms with Gasteiger partial charge in [0, 0.05) is 91.1 Å². The van der Waals surface area contributed by atoms with Crippen molar-refractivity contribution in [1.29, 1.82) is 0 Å². The van der Waals surface area contributed by atoms with Crippen molar-refractivity contribution in [3.05, 3.63) is 24.3 Å². The van der Waals surface area contributed by atoms with Gasteiger partial charge in [0.15, 0.2) is 0 Å². The molecule has 0 unspecified atom stereocenters. The topological polar surface area (TPSA) is 168 Å². The first-order valence-corrected chi connectivity index (χ1v) is 37.5. The number of hydrogen-bond acceptors (Lipinski definition) is 11. The lowest BCUT2D eigenvalue weighted by Gasteiger charge is -2.10. The van der Waals surface area contributed by atoms with Gasteiger partial charge in [-0.2, -0.15) is 0 Å². The van der Waals surface area contributed by atoms with Crippen molar-refractivity contribution >= 4 is 23.4 Å². The molecule has 8 aliphatic heterocycles. The molecule has 0 aromatic heterocycles. The molecule has 16 aliphatic rings. The Kier molecular flexibility index (Phi) is 68.8. The summed E-state index contributed by atoms with van der Waals surface area (Å²) in [7, 11) is 0. The molecule has 0 radical (unpaired) electrons. The van der Waals surface area contributed by atoms with E-state index in [4.69, 9.17) is 14.2 Å². The summed E-state index contributed by atoms with van der Waals surface area (Å²) < 4.78 is 15.0. The summed E-state index contributed by atoms with van der Waals surface area (Å²) in [6.45, 7) is 17.1. The number of rotatable bonds is 0. The largest absolute Gasteiger partial charge is 0.381 e. The van der Waals surface area contributed by atoms with Crippen LogP contribution in [0.1, 0.15) is 321 Å². The van der Waals surface area contributed by atoms with Crippen molar-refractivity contribution < 1.29 is 33.4 Å². The number of ketones is 2. The molecule has 87 heavy (non-hydrogen) atoms. The van der Waals surface area contributed by atoms with Crippen LogP contribution in [0.2, 0.25) is 0 Å². The minimum Gasteiger partial charge on any atom is -0.381 e. The molecule has 0 aromatic rings. The van der Waals surface area contributed by atoms with Crippen LogP contribution >= 0.6 is 0 Å². The highest BCUT2D eigenvalue weighted by Gasteiger charge is 2.09. The Morgan fingerprint density at radius 3 is 0.609 bits per heavy atom. The van der Waals surface area contributed by atoms with Gasteiger partial charge < -0.3 is 46.1 Å². The zero-order valence-corrected chi connectivity index (χ0v) is 56.8. The first-order chi connectivity index (χ1) is 43.1. The Hall–Kier alpha value is -2.52. The molecule has 14 fully saturated rings. The maximum atomic E-state index is 10.5. The maximum Gasteiger partial charge on any atom is 0.220 e. The third kappa shape index (κ3) is 74.1. The smallest absolute Gasteiger partial charge is 0.220 e. The summed E-state index contributed by atoms with van der Waals surface area (Å²) in [5.41, 5.74) is 0. The minimum atomic E-state index is 0.204. The lowest BCUT2D eigenvalue weighted by Crippen LogP contribution is -2.30. The highest BCUT2D eigenvalue weighted by atomic mass is 16.5. The second kappa shape index (κ2) is 72.5. The second-order valence-corrected chi connectivity index (χ2v) is 25.4. The van der Waals surface area contributed by atoms with E-state index in [2.05, 4.69) is 56.2 Å². The number of piperidine rings is 2. The average Bonchev–Trinajstić information content (AvgIpc) is 4.41. The van der Waals surface area contributed by atoms with Gasteiger partial charge in [-0.3, -0.25) is 19.2 Å². The van der Waals surface area contributed by atoms with E-state index in [9.17, 15) is 19.2 Å². The van der Waals surface area contributed by atoms with E-state index in [0.29, 0.717) is 11.6 Å². The average molecular weight is 1230 g/mol. The third-order valence-corrected chi connectivity index (χ3v) is 16.4. The molecule has 510 valence electrons. The number of carbonyl (C=O) groups excluding carboxylic acids is 4. The normalized spacial score (nSPS) is 23.0. The van der Waals surface area contributed by atoms with Crippen LogP contribution in [0.4, 0.5) is 0 Å². The number of nitrogens with one attached hydrogen (secondary N) is 6. The van der Waals surface area contributed by atoms with Gasteiger partial charge >= 0.3 is 0 Å². The molecule has 13 nitrogen and oxygen atoms in total. The molecule has 8 saturated heterocycles. The number of carbonyl (C=O) groups is 4. The fraction of sp³-hybridized carbons (Fsp3) is 0.892. The SMILES string of the molecule is C1=CCCC1.C1=CCCCC1.C1CC1.C1CCC1.C1CCCC1.C1CCCCC1.C1CCNC1.C1CCNCC1.C1CCOC1.C1CCOCC1.C1CNC1.C1COCCN1.O=C1CCCC1.O=C1CCCCC1.O=C1CCCCN1.O=C1CCCN1. The van der Waals surface area contributed by atoms with Gasteiger partial charge in [-0.1, -0.05) is 153 Å². The van der Waals surface area contributed by atoms with Crippen LogP contribution in [0.25, 0.3) is 0 Å². The highest BCUT2D eigenvalue weighted by Crippen LogP contribution is 2.17. The van der Waals surface area contributed by atoms with Gasteiger partial charge in [-0.05, 0) is 193 Å². The fourth-order valence-corrected chi connectivity index (χ4v) is 9.87. The number of Topliss-reactive ketones (excluding diaryl/α,β-unsaturated/α-hetero) is 2. The third-order valence-electron chi connectivity index (χ3n) is 16.4. The molecule has 0 atom stereocenters. The van der Waals surface area contributed by atoms with Crippen LogP contribution in [-0.4, -0.2) is 128 Å². The van der Waals surface area contributed by atoms with Crippen molar-refractivity contribution in [2.75, 3.05) is 105 Å². The number of amides is 2. The quantitative estimate of drug-likeness (QED) is 0.128. The lowest BCUT2D eigenvalue weighted by atomic mass is 10.00. The standard InChI is InChI=1S/C6H10O.C6H12.C6H10.C5H9NO.C5H11N.C5H10O.C5H8O.C5H10.C5H8.C4H9NO.C4H7NO.C4H9N.C4H8O.C4H8.C3H7N.C3H6/c7-6-4-2-1-3-5-6;2*1-2-4-6-5-3-1;7-5-3-1-2-4-6-5;2*1-2-4-6-5-3-1;6-5-3-1-2-4-5;2*1-2-4-5-3-1;1-3-6-4-2-5-1;6-4-2-1-3-5-4;2*1-2-4-5-3-1;2*1-2-4-3-1;1-2-3-1/h1-5H2;1-6H2;1-2H,3-6H2;1-4H2,(H,6,7);6H,1-5H2;1-5H2;1-4H2;1-5H2;1-2H,3-5H2;5H,1-4H2;1-3H2,(H,5,6);5H,1-4H2;1-4H2;1-4H2;4H,1-3H2;1-3H2. The molecule has 2 amide bonds. The molecular weight excluding hydrogens is 1080 g/mol. The molecule has 0 spiro atoms. The molecule has 8 heterocycles. The number of hydrogen-bond donors (Lipinski definition) is 6. The van der Waals surface area contributed by atoms with Crippen molar-refractivity contribution in [3.63, 3.8) is 0 Å². The molecule has 0 aromatic carbocycles. The summed E-state index contributed by atoms with van der Waals surface area (Å²) in [4.78, 5) is 41.2. The van der Waals surface area contributed by atoms with E-state index in [0.717, 1.165) is 149 Å². The van der Waals surface area contributed by atoms with E-state index in [1.54, 1.807) is 0 Å². The zero-order valence-electron chi connectivity index (χ0n) is 56.8. The predicted octanol–water partition coefficient (Wildman–Crippen LogP) is 16.4. The maximum absolute atomic E-state index is 10.5. The first kappa shape index (κ1) is 82.5. The number of allylic oxidation sites excluding steroid dienone is 4. The molecule has 6 saturated carbocycles. The molecule has 13 heteroatoms. The van der Waals surface area contributed by atoms with Gasteiger partial charge in [0.1, 0.15) is 11.6 Å². The second-order valence-electron chi connectivity index (χ2n) is 25.4. The van der Waals surface area contributed by atoms with Gasteiger partial charge in [-0.25, -0.2) is 0 Å². The van der Waals surface area contributed by atoms with Gasteiger partial charge in [-0.15, -0.1) is 0 Å². The van der Waals surface area contributed by atoms with E-state index >= 15 is 0 Å². The van der Waals surface area contributed by atoms with Crippen LogP contribution in [0, 0.1) is 0 Å². The van der Waals surface area contributed by atoms with Crippen molar-refractivity contribution in [1.82, 2.24) is 31.9 Å². The minimum absolute atomic E-state index is 0.204. The number of ether oxygens (including phenoxy) is 3. The first-order valence-electron chi connectivity index (χ1n) is 37.5. The zero-order chi connectivity index (χ0) is 62.2. The summed E-state index contributed by atoms with van der Waals surface area (Å²) in [6.07, 6.45) is 74.3. The van der Waals surface area contributed by atoms with Crippen LogP contribution in [0.5, 0.6) is 0 Å². The van der Waals surface area contributed by atoms with Crippen molar-refractivity contribution in [2.45, 2.75) is 321 Å². The Bertz CT molecular complexity index is 1230. The van der Waals surface area contributed by atoms with Gasteiger partial charge in [0.2, 0.25) is 11.8 Å². The predicted molar refractivity (Wildman–Crippen MR) is 369 cm³/mol. The number of morpholine rings is 1. The molecule has 0 bridgehead atoms. The van der Waals surface area contributed by atoms with Gasteiger partial charge in [0.25, 0.3) is 0 Å². The van der Waals surface area contributed by atoms with Crippen LogP contribution in [0.15, 0.2) is 24.3 Å². The summed E-state index contributed by atoms with van der Waals surface area (Å²) in [6, 6.07) is 0. The Morgan fingerprint density at radius 1 is 0.207 bits per heavy atom. The highest BCUT2D eigenvalue weighted by molar-refractivity contribution is 5.80. The van der Waals surface area contributed by atoms with E-state index in [1.165, 1.54) is 277 Å². The van der Waals surface area contributed by atoms with Crippen molar-refractivity contribution in [2.24, 2.45) is 0 Å². The molecular formula is C74H142N6O7. The van der Waals surface area contributed by atoms with E-state index in [1.807, 2.05) is 0 Å². The molecule has 16 rings (SSSR count). The van der Waals surface area contributed by atoms with Crippen LogP contribution in [0.3, 0.4) is 0 Å². The monoisotopic (exact) mass is 1230 g/mol. The van der Waals surface area contributed by atoms with Crippen LogP contribution < -0.4 is 31.9 Å². The van der Waals surface area contributed by atoms with Crippen molar-refractivity contribution in [3.8, 4) is 0 Å². The Balaban J connectivity index is 0.000000465. The fourth-order valence-electron chi connectivity index (χ4n) is 9.87. The molecule has 8 aliphatic carbocycles.